The highest BCUT2D eigenvalue weighted by Gasteiger charge is 2.31. The van der Waals surface area contributed by atoms with E-state index < -0.39 is 11.7 Å². The summed E-state index contributed by atoms with van der Waals surface area (Å²) in [5.74, 6) is -0.0640. The number of carbonyl (C=O) groups excluding carboxylic acids is 1. The van der Waals surface area contributed by atoms with Crippen LogP contribution < -0.4 is 0 Å². The Labute approximate surface area is 188 Å². The van der Waals surface area contributed by atoms with Gasteiger partial charge >= 0.3 is 6.18 Å². The maximum Gasteiger partial charge on any atom is 0.417 e. The number of amides is 1. The highest BCUT2D eigenvalue weighted by atomic mass is 19.4. The predicted molar refractivity (Wildman–Crippen MR) is 115 cm³/mol. The number of aromatic nitrogens is 5. The fourth-order valence-electron chi connectivity index (χ4n) is 3.43. The Morgan fingerprint density at radius 2 is 1.76 bits per heavy atom. The monoisotopic (exact) mass is 454 g/mol. The Bertz CT molecular complexity index is 1250. The van der Waals surface area contributed by atoms with Crippen LogP contribution in [0.3, 0.4) is 0 Å². The highest BCUT2D eigenvalue weighted by Crippen LogP contribution is 2.29. The van der Waals surface area contributed by atoms with Crippen molar-refractivity contribution >= 4 is 5.91 Å². The lowest BCUT2D eigenvalue weighted by Crippen LogP contribution is -2.26. The first-order valence-corrected chi connectivity index (χ1v) is 10.1. The number of carbonyl (C=O) groups is 1. The molecule has 7 nitrogen and oxygen atoms in total. The summed E-state index contributed by atoms with van der Waals surface area (Å²) in [6, 6.07) is 12.1. The van der Waals surface area contributed by atoms with Crippen molar-refractivity contribution in [1.29, 1.82) is 0 Å². The van der Waals surface area contributed by atoms with Crippen LogP contribution in [0.4, 0.5) is 13.2 Å². The van der Waals surface area contributed by atoms with Gasteiger partial charge in [-0.2, -0.15) is 23.4 Å². The van der Waals surface area contributed by atoms with Crippen LogP contribution in [-0.4, -0.2) is 42.4 Å². The molecule has 0 N–H and O–H groups in total. The van der Waals surface area contributed by atoms with Gasteiger partial charge in [-0.3, -0.25) is 9.48 Å². The van der Waals surface area contributed by atoms with Gasteiger partial charge in [0.05, 0.1) is 35.8 Å². The Hall–Kier alpha value is -3.95. The number of pyridine rings is 1. The van der Waals surface area contributed by atoms with E-state index in [9.17, 15) is 18.0 Å². The summed E-state index contributed by atoms with van der Waals surface area (Å²) < 4.78 is 41.5. The molecular weight excluding hydrogens is 433 g/mol. The van der Waals surface area contributed by atoms with Crippen molar-refractivity contribution < 1.29 is 18.0 Å². The fourth-order valence-corrected chi connectivity index (χ4v) is 3.43. The second-order valence-electron chi connectivity index (χ2n) is 7.65. The Kier molecular flexibility index (Phi) is 5.99. The molecule has 4 rings (SSSR count). The van der Waals surface area contributed by atoms with E-state index in [1.807, 2.05) is 41.2 Å². The van der Waals surface area contributed by atoms with Gasteiger partial charge in [0.25, 0.3) is 5.91 Å². The lowest BCUT2D eigenvalue weighted by atomic mass is 10.2. The van der Waals surface area contributed by atoms with Crippen molar-refractivity contribution in [2.24, 2.45) is 0 Å². The van der Waals surface area contributed by atoms with Gasteiger partial charge in [0.15, 0.2) is 5.82 Å². The van der Waals surface area contributed by atoms with Crippen LogP contribution in [0, 0.1) is 6.92 Å². The summed E-state index contributed by atoms with van der Waals surface area (Å²) in [7, 11) is 1.67. The number of hydrogen-bond acceptors (Lipinski definition) is 4. The van der Waals surface area contributed by atoms with Crippen molar-refractivity contribution in [3.05, 3.63) is 95.2 Å². The van der Waals surface area contributed by atoms with Crippen LogP contribution >= 0.6 is 0 Å². The van der Waals surface area contributed by atoms with E-state index in [0.717, 1.165) is 23.4 Å². The maximum atomic E-state index is 13.0. The van der Waals surface area contributed by atoms with Crippen LogP contribution in [0.25, 0.3) is 5.82 Å². The fraction of sp³-hybridized carbons (Fsp3) is 0.217. The standard InChI is InChI=1S/C23H21F3N6O/c1-16-20(12-29-32(16)21-9-8-19(11-27-21)23(24,25)26)22(33)30(2)13-18-10-28-31(15-18)14-17-6-4-3-5-7-17/h3-12,15H,13-14H2,1-2H3. The molecule has 1 amide bonds. The van der Waals surface area contributed by atoms with Crippen LogP contribution in [0.5, 0.6) is 0 Å². The molecule has 0 radical (unpaired) electrons. The lowest BCUT2D eigenvalue weighted by molar-refractivity contribution is -0.137. The van der Waals surface area contributed by atoms with Gasteiger partial charge < -0.3 is 4.90 Å². The molecule has 0 unspecified atom stereocenters. The zero-order valence-corrected chi connectivity index (χ0v) is 18.0. The third-order valence-corrected chi connectivity index (χ3v) is 5.17. The molecule has 0 saturated carbocycles. The molecule has 170 valence electrons. The topological polar surface area (TPSA) is 68.8 Å². The molecule has 0 atom stereocenters. The highest BCUT2D eigenvalue weighted by molar-refractivity contribution is 5.95. The molecule has 0 aliphatic heterocycles. The van der Waals surface area contributed by atoms with E-state index in [1.54, 1.807) is 25.1 Å². The Morgan fingerprint density at radius 1 is 1.00 bits per heavy atom. The van der Waals surface area contributed by atoms with Gasteiger partial charge in [0.2, 0.25) is 0 Å². The largest absolute Gasteiger partial charge is 0.417 e. The molecular formula is C23H21F3N6O. The maximum absolute atomic E-state index is 13.0. The molecule has 4 aromatic rings. The number of rotatable bonds is 6. The number of halogens is 3. The third-order valence-electron chi connectivity index (χ3n) is 5.17. The number of nitrogens with zero attached hydrogens (tertiary/aromatic N) is 6. The first-order valence-electron chi connectivity index (χ1n) is 10.1. The molecule has 33 heavy (non-hydrogen) atoms. The normalized spacial score (nSPS) is 11.5. The molecule has 3 aromatic heterocycles. The van der Waals surface area contributed by atoms with E-state index in [1.165, 1.54) is 16.9 Å². The Balaban J connectivity index is 1.45. The number of alkyl halides is 3. The van der Waals surface area contributed by atoms with Crippen LogP contribution in [0.1, 0.15) is 32.7 Å². The second-order valence-corrected chi connectivity index (χ2v) is 7.65. The van der Waals surface area contributed by atoms with Crippen molar-refractivity contribution in [3.8, 4) is 5.82 Å². The van der Waals surface area contributed by atoms with E-state index in [4.69, 9.17) is 0 Å². The molecule has 0 aliphatic rings. The molecule has 0 fully saturated rings. The van der Waals surface area contributed by atoms with Crippen molar-refractivity contribution in [1.82, 2.24) is 29.4 Å². The van der Waals surface area contributed by atoms with Crippen molar-refractivity contribution in [2.75, 3.05) is 7.05 Å². The van der Waals surface area contributed by atoms with Gasteiger partial charge in [-0.05, 0) is 24.6 Å². The van der Waals surface area contributed by atoms with Crippen LogP contribution in [0.2, 0.25) is 0 Å². The van der Waals surface area contributed by atoms with Gasteiger partial charge in [-0.15, -0.1) is 0 Å². The molecule has 3 heterocycles. The van der Waals surface area contributed by atoms with E-state index in [2.05, 4.69) is 15.2 Å². The second kappa shape index (κ2) is 8.89. The summed E-state index contributed by atoms with van der Waals surface area (Å²) in [4.78, 5) is 18.4. The smallest absolute Gasteiger partial charge is 0.337 e. The van der Waals surface area contributed by atoms with Crippen LogP contribution in [0.15, 0.2) is 67.3 Å². The first-order chi connectivity index (χ1) is 15.7. The Morgan fingerprint density at radius 3 is 2.42 bits per heavy atom. The molecule has 10 heteroatoms. The van der Waals surface area contributed by atoms with E-state index in [0.29, 0.717) is 24.3 Å². The van der Waals surface area contributed by atoms with Crippen molar-refractivity contribution in [2.45, 2.75) is 26.2 Å². The SMILES string of the molecule is Cc1c(C(=O)N(C)Cc2cnn(Cc3ccccc3)c2)cnn1-c1ccc(C(F)(F)F)cn1. The summed E-state index contributed by atoms with van der Waals surface area (Å²) in [6.45, 7) is 2.65. The van der Waals surface area contributed by atoms with Gasteiger partial charge in [-0.25, -0.2) is 9.67 Å². The van der Waals surface area contributed by atoms with E-state index in [-0.39, 0.29) is 11.7 Å². The first kappa shape index (κ1) is 22.3. The summed E-state index contributed by atoms with van der Waals surface area (Å²) in [5, 5.41) is 8.50. The minimum atomic E-state index is -4.47. The predicted octanol–water partition coefficient (Wildman–Crippen LogP) is 4.11. The minimum Gasteiger partial charge on any atom is -0.337 e. The molecule has 0 aliphatic carbocycles. The lowest BCUT2D eigenvalue weighted by Gasteiger charge is -2.16. The average molecular weight is 454 g/mol. The van der Waals surface area contributed by atoms with Gasteiger partial charge in [0, 0.05) is 31.5 Å². The van der Waals surface area contributed by atoms with Gasteiger partial charge in [0.1, 0.15) is 0 Å². The molecule has 0 spiro atoms. The minimum absolute atomic E-state index is 0.199. The number of hydrogen-bond donors (Lipinski definition) is 0. The summed E-state index contributed by atoms with van der Waals surface area (Å²) in [5.41, 5.74) is 1.97. The zero-order chi connectivity index (χ0) is 23.6. The molecule has 1 aromatic carbocycles. The molecule has 0 bridgehead atoms. The summed E-state index contributed by atoms with van der Waals surface area (Å²) >= 11 is 0. The third kappa shape index (κ3) is 4.94. The quantitative estimate of drug-likeness (QED) is 0.440. The average Bonchev–Trinajstić information content (AvgIpc) is 3.39. The molecule has 0 saturated heterocycles. The van der Waals surface area contributed by atoms with Crippen LogP contribution in [-0.2, 0) is 19.3 Å². The van der Waals surface area contributed by atoms with E-state index >= 15 is 0 Å². The zero-order valence-electron chi connectivity index (χ0n) is 18.0. The summed E-state index contributed by atoms with van der Waals surface area (Å²) in [6.07, 6.45) is 1.28. The van der Waals surface area contributed by atoms with Gasteiger partial charge in [-0.1, -0.05) is 30.3 Å². The van der Waals surface area contributed by atoms with Crippen molar-refractivity contribution in [3.63, 3.8) is 0 Å². The number of benzene rings is 1.